The second-order valence-electron chi connectivity index (χ2n) is 14.0. The smallest absolute Gasteiger partial charge is 0.0718 e. The molecule has 0 saturated carbocycles. The van der Waals surface area contributed by atoms with E-state index in [1.807, 2.05) is 22.7 Å². The third-order valence-corrected chi connectivity index (χ3v) is 13.3. The Labute approximate surface area is 327 Å². The van der Waals surface area contributed by atoms with Gasteiger partial charge in [-0.25, -0.2) is 0 Å². The first-order chi connectivity index (χ1) is 27.3. The number of hydrogen-bond acceptors (Lipinski definition) is 3. The van der Waals surface area contributed by atoms with Gasteiger partial charge in [0.15, 0.2) is 0 Å². The number of rotatable bonds is 6. The van der Waals surface area contributed by atoms with Gasteiger partial charge in [-0.2, -0.15) is 0 Å². The number of anilines is 3. The third kappa shape index (κ3) is 5.27. The molecule has 258 valence electrons. The molecule has 0 bridgehead atoms. The van der Waals surface area contributed by atoms with Crippen molar-refractivity contribution in [1.82, 2.24) is 0 Å². The molecule has 9 aromatic carbocycles. The van der Waals surface area contributed by atoms with Crippen LogP contribution in [0.3, 0.4) is 0 Å². The van der Waals surface area contributed by atoms with Crippen molar-refractivity contribution in [2.75, 3.05) is 4.90 Å². The van der Waals surface area contributed by atoms with Gasteiger partial charge in [0.25, 0.3) is 0 Å². The van der Waals surface area contributed by atoms with Gasteiger partial charge >= 0.3 is 0 Å². The zero-order valence-corrected chi connectivity index (χ0v) is 31.4. The molecule has 11 rings (SSSR count). The maximum absolute atomic E-state index is 2.53. The summed E-state index contributed by atoms with van der Waals surface area (Å²) in [4.78, 5) is 2.53. The highest BCUT2D eigenvalue weighted by atomic mass is 32.1. The van der Waals surface area contributed by atoms with E-state index in [1.165, 1.54) is 90.2 Å². The van der Waals surface area contributed by atoms with Gasteiger partial charge in [-0.3, -0.25) is 0 Å². The maximum atomic E-state index is 2.53. The highest BCUT2D eigenvalue weighted by molar-refractivity contribution is 7.26. The van der Waals surface area contributed by atoms with Gasteiger partial charge < -0.3 is 4.90 Å². The Hall–Kier alpha value is -6.52. The molecule has 1 nitrogen and oxygen atoms in total. The largest absolute Gasteiger partial charge is 0.308 e. The molecule has 0 fully saturated rings. The Morgan fingerprint density at radius 2 is 0.800 bits per heavy atom. The van der Waals surface area contributed by atoms with Crippen molar-refractivity contribution >= 4 is 90.9 Å². The predicted octanol–water partition coefficient (Wildman–Crippen LogP) is 16.0. The second kappa shape index (κ2) is 13.1. The van der Waals surface area contributed by atoms with Gasteiger partial charge in [0.1, 0.15) is 0 Å². The number of fused-ring (bicyclic) bond motifs is 7. The van der Waals surface area contributed by atoms with Crippen molar-refractivity contribution < 1.29 is 0 Å². The minimum atomic E-state index is 1.12. The molecule has 55 heavy (non-hydrogen) atoms. The molecule has 0 amide bonds. The predicted molar refractivity (Wildman–Crippen MR) is 241 cm³/mol. The summed E-state index contributed by atoms with van der Waals surface area (Å²) in [5.74, 6) is 0. The molecule has 0 unspecified atom stereocenters. The quantitative estimate of drug-likeness (QED) is 0.164. The van der Waals surface area contributed by atoms with Crippen LogP contribution in [0, 0.1) is 0 Å². The standard InChI is InChI=1S/C52H33NS2/c1-3-14-34(15-4-1)38-32-33-47(42-19-8-7-18-41(38)42)53(37-28-26-36(27-29-37)40-22-13-23-45-43-20-9-11-24-48(43)54-51(40)45)50-39(35-16-5-2-6-17-35)30-31-46-44-21-10-12-25-49(44)55-52(46)50/h1-33H. The maximum Gasteiger partial charge on any atom is 0.0718 e. The fourth-order valence-corrected chi connectivity index (χ4v) is 10.8. The fraction of sp³-hybridized carbons (Fsp3) is 0. The molecule has 0 spiro atoms. The summed E-state index contributed by atoms with van der Waals surface area (Å²) in [7, 11) is 0. The molecule has 0 aliphatic rings. The van der Waals surface area contributed by atoms with E-state index in [0.29, 0.717) is 0 Å². The number of nitrogens with zero attached hydrogens (tertiary/aromatic N) is 1. The van der Waals surface area contributed by atoms with Crippen LogP contribution in [0.1, 0.15) is 0 Å². The summed E-state index contributed by atoms with van der Waals surface area (Å²) in [6.07, 6.45) is 0. The minimum absolute atomic E-state index is 1.12. The average molecular weight is 736 g/mol. The molecule has 0 N–H and O–H groups in total. The molecule has 0 aliphatic heterocycles. The van der Waals surface area contributed by atoms with Crippen molar-refractivity contribution in [3.8, 4) is 33.4 Å². The molecule has 0 aliphatic carbocycles. The lowest BCUT2D eigenvalue weighted by Crippen LogP contribution is -2.12. The van der Waals surface area contributed by atoms with Crippen LogP contribution in [0.25, 0.3) is 84.5 Å². The first-order valence-corrected chi connectivity index (χ1v) is 20.3. The molecule has 3 heteroatoms. The zero-order chi connectivity index (χ0) is 36.3. The van der Waals surface area contributed by atoms with E-state index in [0.717, 1.165) is 11.4 Å². The van der Waals surface area contributed by atoms with E-state index in [-0.39, 0.29) is 0 Å². The molecular weight excluding hydrogens is 703 g/mol. The SMILES string of the molecule is c1ccc(-c2ccc3c(sc4ccccc43)c2N(c2ccc(-c3cccc4c3sc3ccccc34)cc2)c2ccc(-c3ccccc3)c3ccccc23)cc1. The van der Waals surface area contributed by atoms with Crippen LogP contribution in [0.4, 0.5) is 17.1 Å². The summed E-state index contributed by atoms with van der Waals surface area (Å²) in [5, 5.41) is 7.65. The molecular formula is C52H33NS2. The van der Waals surface area contributed by atoms with Crippen LogP contribution in [0.5, 0.6) is 0 Å². The fourth-order valence-electron chi connectivity index (χ4n) is 8.35. The number of thiophene rings is 2. The Kier molecular flexibility index (Phi) is 7.61. The Bertz CT molecular complexity index is 3190. The summed E-state index contributed by atoms with van der Waals surface area (Å²) in [6, 6.07) is 73.4. The second-order valence-corrected chi connectivity index (χ2v) is 16.1. The Balaban J connectivity index is 1.19. The van der Waals surface area contributed by atoms with Gasteiger partial charge in [0.2, 0.25) is 0 Å². The highest BCUT2D eigenvalue weighted by Crippen LogP contribution is 2.51. The summed E-state index contributed by atoms with van der Waals surface area (Å²) < 4.78 is 5.22. The lowest BCUT2D eigenvalue weighted by atomic mass is 9.95. The Morgan fingerprint density at radius 1 is 0.291 bits per heavy atom. The monoisotopic (exact) mass is 735 g/mol. The lowest BCUT2D eigenvalue weighted by Gasteiger charge is -2.30. The summed E-state index contributed by atoms with van der Waals surface area (Å²) in [6.45, 7) is 0. The van der Waals surface area contributed by atoms with Gasteiger partial charge in [-0.1, -0.05) is 170 Å². The molecule has 2 heterocycles. The van der Waals surface area contributed by atoms with Crippen molar-refractivity contribution in [2.45, 2.75) is 0 Å². The third-order valence-electron chi connectivity index (χ3n) is 10.9. The van der Waals surface area contributed by atoms with E-state index in [4.69, 9.17) is 0 Å². The van der Waals surface area contributed by atoms with Crippen molar-refractivity contribution in [1.29, 1.82) is 0 Å². The normalized spacial score (nSPS) is 11.6. The first-order valence-electron chi connectivity index (χ1n) is 18.7. The van der Waals surface area contributed by atoms with Crippen LogP contribution in [0.15, 0.2) is 200 Å². The zero-order valence-electron chi connectivity index (χ0n) is 29.8. The highest BCUT2D eigenvalue weighted by Gasteiger charge is 2.25. The molecule has 0 saturated heterocycles. The van der Waals surface area contributed by atoms with Crippen LogP contribution in [-0.4, -0.2) is 0 Å². The molecule has 2 aromatic heterocycles. The van der Waals surface area contributed by atoms with Gasteiger partial charge in [-0.15, -0.1) is 22.7 Å². The number of benzene rings is 9. The molecule has 11 aromatic rings. The van der Waals surface area contributed by atoms with Crippen LogP contribution >= 0.6 is 22.7 Å². The van der Waals surface area contributed by atoms with Gasteiger partial charge in [0, 0.05) is 52.3 Å². The lowest BCUT2D eigenvalue weighted by molar-refractivity contribution is 1.32. The summed E-state index contributed by atoms with van der Waals surface area (Å²) >= 11 is 3.77. The Morgan fingerprint density at radius 3 is 1.49 bits per heavy atom. The van der Waals surface area contributed by atoms with Crippen molar-refractivity contribution in [2.24, 2.45) is 0 Å². The van der Waals surface area contributed by atoms with E-state index in [2.05, 4.69) is 205 Å². The molecule has 0 atom stereocenters. The average Bonchev–Trinajstić information content (AvgIpc) is 3.84. The topological polar surface area (TPSA) is 3.24 Å². The van der Waals surface area contributed by atoms with Crippen molar-refractivity contribution in [3.63, 3.8) is 0 Å². The van der Waals surface area contributed by atoms with E-state index in [9.17, 15) is 0 Å². The van der Waals surface area contributed by atoms with E-state index < -0.39 is 0 Å². The van der Waals surface area contributed by atoms with E-state index in [1.54, 1.807) is 0 Å². The van der Waals surface area contributed by atoms with E-state index >= 15 is 0 Å². The van der Waals surface area contributed by atoms with Gasteiger partial charge in [-0.05, 0) is 63.5 Å². The minimum Gasteiger partial charge on any atom is -0.308 e. The van der Waals surface area contributed by atoms with Crippen LogP contribution < -0.4 is 4.90 Å². The summed E-state index contributed by atoms with van der Waals surface area (Å²) in [5.41, 5.74) is 10.8. The number of hydrogen-bond donors (Lipinski definition) is 0. The molecule has 0 radical (unpaired) electrons. The van der Waals surface area contributed by atoms with Crippen molar-refractivity contribution in [3.05, 3.63) is 200 Å². The van der Waals surface area contributed by atoms with Crippen LogP contribution in [-0.2, 0) is 0 Å². The van der Waals surface area contributed by atoms with Gasteiger partial charge in [0.05, 0.1) is 16.1 Å². The van der Waals surface area contributed by atoms with Crippen LogP contribution in [0.2, 0.25) is 0 Å². The first kappa shape index (κ1) is 32.0.